The maximum absolute atomic E-state index is 5.69. The maximum Gasteiger partial charge on any atom is 0.231 e. The summed E-state index contributed by atoms with van der Waals surface area (Å²) in [5.41, 5.74) is 5.69. The second-order valence-electron chi connectivity index (χ2n) is 4.72. The lowest BCUT2D eigenvalue weighted by molar-refractivity contribution is 0.436. The van der Waals surface area contributed by atoms with Gasteiger partial charge >= 0.3 is 0 Å². The molecular formula is C12H24N6. The number of rotatable bonds is 6. The molecule has 0 fully saturated rings. The molecule has 0 amide bonds. The Hall–Kier alpha value is -1.59. The molecule has 1 rings (SSSR count). The fourth-order valence-electron chi connectivity index (χ4n) is 1.96. The molecule has 1 atom stereocenters. The molecule has 1 aromatic heterocycles. The first-order chi connectivity index (χ1) is 8.47. The van der Waals surface area contributed by atoms with Gasteiger partial charge in [0, 0.05) is 20.1 Å². The lowest BCUT2D eigenvalue weighted by Gasteiger charge is -2.23. The van der Waals surface area contributed by atoms with Crippen LogP contribution >= 0.6 is 0 Å². The molecule has 6 nitrogen and oxygen atoms in total. The number of hydrogen-bond acceptors (Lipinski definition) is 6. The largest absolute Gasteiger partial charge is 0.368 e. The quantitative estimate of drug-likeness (QED) is 0.803. The van der Waals surface area contributed by atoms with E-state index in [9.17, 15) is 0 Å². The van der Waals surface area contributed by atoms with Gasteiger partial charge in [-0.05, 0) is 12.8 Å². The number of aromatic nitrogens is 3. The number of nitrogens with one attached hydrogen (secondary N) is 1. The number of nitrogen functional groups attached to an aromatic ring is 1. The SMILES string of the molecule is CCC(CC)C(C)Nc1nc(N)nc(N(C)C)n1. The molecule has 0 aliphatic rings. The van der Waals surface area contributed by atoms with Crippen molar-refractivity contribution in [3.05, 3.63) is 0 Å². The average molecular weight is 252 g/mol. The van der Waals surface area contributed by atoms with E-state index in [2.05, 4.69) is 41.0 Å². The van der Waals surface area contributed by atoms with Crippen molar-refractivity contribution in [1.82, 2.24) is 15.0 Å². The van der Waals surface area contributed by atoms with E-state index < -0.39 is 0 Å². The Labute approximate surface area is 109 Å². The summed E-state index contributed by atoms with van der Waals surface area (Å²) in [4.78, 5) is 14.3. The smallest absolute Gasteiger partial charge is 0.231 e. The molecule has 3 N–H and O–H groups in total. The monoisotopic (exact) mass is 252 g/mol. The molecule has 0 aliphatic carbocycles. The van der Waals surface area contributed by atoms with E-state index in [1.54, 1.807) is 0 Å². The number of nitrogens with zero attached hydrogens (tertiary/aromatic N) is 4. The Morgan fingerprint density at radius 3 is 2.28 bits per heavy atom. The summed E-state index contributed by atoms with van der Waals surface area (Å²) in [6.07, 6.45) is 2.26. The van der Waals surface area contributed by atoms with Crippen LogP contribution in [-0.2, 0) is 0 Å². The van der Waals surface area contributed by atoms with Crippen molar-refractivity contribution in [2.75, 3.05) is 30.0 Å². The summed E-state index contributed by atoms with van der Waals surface area (Å²) in [7, 11) is 3.76. The molecule has 6 heteroatoms. The molecule has 0 radical (unpaired) electrons. The highest BCUT2D eigenvalue weighted by Crippen LogP contribution is 2.17. The summed E-state index contributed by atoms with van der Waals surface area (Å²) >= 11 is 0. The van der Waals surface area contributed by atoms with Crippen LogP contribution in [0.5, 0.6) is 0 Å². The zero-order valence-corrected chi connectivity index (χ0v) is 11.9. The number of hydrogen-bond donors (Lipinski definition) is 2. The fourth-order valence-corrected chi connectivity index (χ4v) is 1.96. The predicted octanol–water partition coefficient (Wildman–Crippen LogP) is 1.76. The summed E-state index contributed by atoms with van der Waals surface area (Å²) < 4.78 is 0. The van der Waals surface area contributed by atoms with Gasteiger partial charge in [0.15, 0.2) is 0 Å². The third kappa shape index (κ3) is 3.72. The van der Waals surface area contributed by atoms with Crippen LogP contribution in [0.15, 0.2) is 0 Å². The van der Waals surface area contributed by atoms with Crippen molar-refractivity contribution in [1.29, 1.82) is 0 Å². The Morgan fingerprint density at radius 1 is 1.17 bits per heavy atom. The Kier molecular flexibility index (Phi) is 5.12. The van der Waals surface area contributed by atoms with Crippen molar-refractivity contribution in [3.63, 3.8) is 0 Å². The molecule has 1 heterocycles. The first kappa shape index (κ1) is 14.5. The summed E-state index contributed by atoms with van der Waals surface area (Å²) in [5, 5.41) is 3.31. The molecule has 102 valence electrons. The number of anilines is 3. The molecule has 0 aliphatic heterocycles. The molecule has 18 heavy (non-hydrogen) atoms. The second-order valence-corrected chi connectivity index (χ2v) is 4.72. The van der Waals surface area contributed by atoms with E-state index in [4.69, 9.17) is 5.73 Å². The number of nitrogens with two attached hydrogens (primary N) is 1. The lowest BCUT2D eigenvalue weighted by atomic mass is 9.96. The van der Waals surface area contributed by atoms with Crippen molar-refractivity contribution in [3.8, 4) is 0 Å². The van der Waals surface area contributed by atoms with Crippen LogP contribution in [0.25, 0.3) is 0 Å². The van der Waals surface area contributed by atoms with E-state index in [1.807, 2.05) is 19.0 Å². The van der Waals surface area contributed by atoms with Crippen LogP contribution in [-0.4, -0.2) is 35.1 Å². The first-order valence-corrected chi connectivity index (χ1v) is 6.43. The normalized spacial score (nSPS) is 12.6. The first-order valence-electron chi connectivity index (χ1n) is 6.43. The van der Waals surface area contributed by atoms with Crippen molar-refractivity contribution in [2.24, 2.45) is 5.92 Å². The molecular weight excluding hydrogens is 228 g/mol. The van der Waals surface area contributed by atoms with Crippen LogP contribution in [0.1, 0.15) is 33.6 Å². The lowest BCUT2D eigenvalue weighted by Crippen LogP contribution is -2.27. The summed E-state index contributed by atoms with van der Waals surface area (Å²) in [6, 6.07) is 0.316. The minimum absolute atomic E-state index is 0.243. The maximum atomic E-state index is 5.69. The Morgan fingerprint density at radius 2 is 1.78 bits per heavy atom. The fraction of sp³-hybridized carbons (Fsp3) is 0.750. The van der Waals surface area contributed by atoms with Gasteiger partial charge in [0.2, 0.25) is 17.8 Å². The van der Waals surface area contributed by atoms with Gasteiger partial charge in [-0.25, -0.2) is 0 Å². The molecule has 1 aromatic rings. The highest BCUT2D eigenvalue weighted by atomic mass is 15.3. The van der Waals surface area contributed by atoms with Gasteiger partial charge in [-0.1, -0.05) is 26.7 Å². The Balaban J connectivity index is 2.83. The van der Waals surface area contributed by atoms with E-state index in [1.165, 1.54) is 0 Å². The third-order valence-electron chi connectivity index (χ3n) is 3.15. The van der Waals surface area contributed by atoms with Crippen LogP contribution in [0, 0.1) is 5.92 Å². The molecule has 0 spiro atoms. The van der Waals surface area contributed by atoms with Crippen molar-refractivity contribution >= 4 is 17.8 Å². The molecule has 0 aromatic carbocycles. The summed E-state index contributed by atoms with van der Waals surface area (Å²) in [5.74, 6) is 1.96. The van der Waals surface area contributed by atoms with Crippen LogP contribution in [0.4, 0.5) is 17.8 Å². The van der Waals surface area contributed by atoms with Crippen molar-refractivity contribution in [2.45, 2.75) is 39.7 Å². The van der Waals surface area contributed by atoms with E-state index in [-0.39, 0.29) is 5.95 Å². The second kappa shape index (κ2) is 6.37. The van der Waals surface area contributed by atoms with Gasteiger partial charge in [-0.15, -0.1) is 0 Å². The van der Waals surface area contributed by atoms with Gasteiger partial charge in [0.1, 0.15) is 0 Å². The van der Waals surface area contributed by atoms with E-state index in [0.717, 1.165) is 12.8 Å². The highest BCUT2D eigenvalue weighted by Gasteiger charge is 2.15. The summed E-state index contributed by atoms with van der Waals surface area (Å²) in [6.45, 7) is 6.53. The zero-order chi connectivity index (χ0) is 13.7. The average Bonchev–Trinajstić information content (AvgIpc) is 2.29. The van der Waals surface area contributed by atoms with Gasteiger partial charge in [-0.2, -0.15) is 15.0 Å². The highest BCUT2D eigenvalue weighted by molar-refractivity contribution is 5.41. The topological polar surface area (TPSA) is 80.0 Å². The molecule has 0 bridgehead atoms. The zero-order valence-electron chi connectivity index (χ0n) is 11.9. The van der Waals surface area contributed by atoms with Gasteiger partial charge in [0.05, 0.1) is 0 Å². The van der Waals surface area contributed by atoms with Crippen LogP contribution in [0.3, 0.4) is 0 Å². The van der Waals surface area contributed by atoms with E-state index in [0.29, 0.717) is 23.9 Å². The minimum Gasteiger partial charge on any atom is -0.368 e. The van der Waals surface area contributed by atoms with Crippen molar-refractivity contribution < 1.29 is 0 Å². The van der Waals surface area contributed by atoms with Gasteiger partial charge in [-0.3, -0.25) is 0 Å². The molecule has 0 saturated heterocycles. The molecule has 1 unspecified atom stereocenters. The Bertz CT molecular complexity index is 375. The van der Waals surface area contributed by atoms with Crippen LogP contribution in [0.2, 0.25) is 0 Å². The van der Waals surface area contributed by atoms with Gasteiger partial charge in [0.25, 0.3) is 0 Å². The molecule has 0 saturated carbocycles. The standard InChI is InChI=1S/C12H24N6/c1-6-9(7-2)8(3)14-11-15-10(13)16-12(17-11)18(4)5/h8-9H,6-7H2,1-5H3,(H3,13,14,15,16,17). The minimum atomic E-state index is 0.243. The predicted molar refractivity (Wildman–Crippen MR) is 75.7 cm³/mol. The van der Waals surface area contributed by atoms with E-state index >= 15 is 0 Å². The van der Waals surface area contributed by atoms with Crippen LogP contribution < -0.4 is 16.0 Å². The van der Waals surface area contributed by atoms with Gasteiger partial charge < -0.3 is 16.0 Å². The third-order valence-corrected chi connectivity index (χ3v) is 3.15.